The Kier molecular flexibility index (Phi) is 2.17. The molecule has 0 unspecified atom stereocenters. The van der Waals surface area contributed by atoms with Crippen LogP contribution < -0.4 is 5.32 Å². The summed E-state index contributed by atoms with van der Waals surface area (Å²) in [5.74, 6) is 0. The highest BCUT2D eigenvalue weighted by Gasteiger charge is 1.93. The van der Waals surface area contributed by atoms with E-state index in [4.69, 9.17) is 0 Å². The normalized spacial score (nSPS) is 10.2. The zero-order valence-electron chi connectivity index (χ0n) is 7.75. The maximum Gasteiger partial charge on any atom is 0.0346 e. The molecule has 0 bridgehead atoms. The Morgan fingerprint density at radius 1 is 1.00 bits per heavy atom. The summed E-state index contributed by atoms with van der Waals surface area (Å²) >= 11 is 0. The van der Waals surface area contributed by atoms with Crippen molar-refractivity contribution in [2.45, 2.75) is 6.92 Å². The molecule has 0 amide bonds. The SMILES string of the molecule is CCNc1ccc2ccccc2c1. The molecule has 0 saturated heterocycles. The van der Waals surface area contributed by atoms with Gasteiger partial charge in [0.1, 0.15) is 0 Å². The molecule has 0 aliphatic heterocycles. The topological polar surface area (TPSA) is 12.0 Å². The molecule has 2 rings (SSSR count). The first-order chi connectivity index (χ1) is 6.40. The van der Waals surface area contributed by atoms with Crippen LogP contribution in [0.5, 0.6) is 0 Å². The van der Waals surface area contributed by atoms with Crippen LogP contribution in [-0.4, -0.2) is 6.54 Å². The third kappa shape index (κ3) is 1.64. The van der Waals surface area contributed by atoms with Crippen molar-refractivity contribution < 1.29 is 0 Å². The Labute approximate surface area is 78.4 Å². The predicted octanol–water partition coefficient (Wildman–Crippen LogP) is 3.27. The average molecular weight is 171 g/mol. The van der Waals surface area contributed by atoms with Gasteiger partial charge in [-0.05, 0) is 29.8 Å². The smallest absolute Gasteiger partial charge is 0.0346 e. The van der Waals surface area contributed by atoms with Gasteiger partial charge < -0.3 is 5.32 Å². The fourth-order valence-electron chi connectivity index (χ4n) is 1.50. The molecule has 1 N–H and O–H groups in total. The van der Waals surface area contributed by atoms with Crippen molar-refractivity contribution in [3.63, 3.8) is 0 Å². The van der Waals surface area contributed by atoms with E-state index in [1.807, 2.05) is 0 Å². The summed E-state index contributed by atoms with van der Waals surface area (Å²) in [7, 11) is 0. The quantitative estimate of drug-likeness (QED) is 0.731. The fraction of sp³-hybridized carbons (Fsp3) is 0.167. The van der Waals surface area contributed by atoms with Crippen LogP contribution in [0.15, 0.2) is 42.5 Å². The van der Waals surface area contributed by atoms with Crippen molar-refractivity contribution >= 4 is 16.5 Å². The average Bonchev–Trinajstić information content (AvgIpc) is 2.18. The maximum atomic E-state index is 3.30. The molecule has 0 radical (unpaired) electrons. The van der Waals surface area contributed by atoms with Gasteiger partial charge in [-0.1, -0.05) is 30.3 Å². The number of fused-ring (bicyclic) bond motifs is 1. The van der Waals surface area contributed by atoms with Gasteiger partial charge in [0.15, 0.2) is 0 Å². The molecule has 13 heavy (non-hydrogen) atoms. The molecule has 0 spiro atoms. The second-order valence-electron chi connectivity index (χ2n) is 3.09. The molecule has 0 heterocycles. The van der Waals surface area contributed by atoms with Crippen molar-refractivity contribution in [1.82, 2.24) is 0 Å². The fourth-order valence-corrected chi connectivity index (χ4v) is 1.50. The second-order valence-corrected chi connectivity index (χ2v) is 3.09. The molecule has 0 aromatic heterocycles. The summed E-state index contributed by atoms with van der Waals surface area (Å²) in [6, 6.07) is 14.8. The van der Waals surface area contributed by atoms with Gasteiger partial charge in [0, 0.05) is 12.2 Å². The number of benzene rings is 2. The molecule has 0 atom stereocenters. The first kappa shape index (κ1) is 8.11. The molecule has 2 aromatic carbocycles. The van der Waals surface area contributed by atoms with Crippen molar-refractivity contribution in [3.05, 3.63) is 42.5 Å². The van der Waals surface area contributed by atoms with E-state index in [1.165, 1.54) is 16.5 Å². The lowest BCUT2D eigenvalue weighted by molar-refractivity contribution is 1.21. The van der Waals surface area contributed by atoms with Gasteiger partial charge in [0.2, 0.25) is 0 Å². The van der Waals surface area contributed by atoms with E-state index in [0.29, 0.717) is 0 Å². The van der Waals surface area contributed by atoms with Crippen LogP contribution >= 0.6 is 0 Å². The molecule has 0 aliphatic rings. The van der Waals surface area contributed by atoms with Crippen LogP contribution in [0, 0.1) is 0 Å². The highest BCUT2D eigenvalue weighted by Crippen LogP contribution is 2.18. The van der Waals surface area contributed by atoms with Crippen molar-refractivity contribution in [2.75, 3.05) is 11.9 Å². The number of hydrogen-bond donors (Lipinski definition) is 1. The Bertz CT molecular complexity index is 407. The largest absolute Gasteiger partial charge is 0.385 e. The number of nitrogens with one attached hydrogen (secondary N) is 1. The van der Waals surface area contributed by atoms with E-state index < -0.39 is 0 Å². The summed E-state index contributed by atoms with van der Waals surface area (Å²) in [4.78, 5) is 0. The van der Waals surface area contributed by atoms with E-state index >= 15 is 0 Å². The van der Waals surface area contributed by atoms with E-state index in [2.05, 4.69) is 54.7 Å². The molecular weight excluding hydrogens is 158 g/mol. The van der Waals surface area contributed by atoms with E-state index in [-0.39, 0.29) is 0 Å². The Morgan fingerprint density at radius 3 is 2.54 bits per heavy atom. The zero-order chi connectivity index (χ0) is 9.10. The van der Waals surface area contributed by atoms with Gasteiger partial charge >= 0.3 is 0 Å². The van der Waals surface area contributed by atoms with Crippen molar-refractivity contribution in [2.24, 2.45) is 0 Å². The van der Waals surface area contributed by atoms with Gasteiger partial charge in [-0.25, -0.2) is 0 Å². The van der Waals surface area contributed by atoms with Crippen LogP contribution in [0.4, 0.5) is 5.69 Å². The summed E-state index contributed by atoms with van der Waals surface area (Å²) in [5.41, 5.74) is 1.20. The third-order valence-electron chi connectivity index (χ3n) is 2.13. The van der Waals surface area contributed by atoms with E-state index in [9.17, 15) is 0 Å². The third-order valence-corrected chi connectivity index (χ3v) is 2.13. The first-order valence-corrected chi connectivity index (χ1v) is 4.63. The molecule has 0 aliphatic carbocycles. The molecule has 2 aromatic rings. The predicted molar refractivity (Wildman–Crippen MR) is 58.1 cm³/mol. The minimum absolute atomic E-state index is 0.971. The Hall–Kier alpha value is -1.50. The Morgan fingerprint density at radius 2 is 1.77 bits per heavy atom. The number of rotatable bonds is 2. The maximum absolute atomic E-state index is 3.30. The monoisotopic (exact) mass is 171 g/mol. The minimum atomic E-state index is 0.971. The van der Waals surface area contributed by atoms with Gasteiger partial charge in [-0.15, -0.1) is 0 Å². The molecule has 0 fully saturated rings. The summed E-state index contributed by atoms with van der Waals surface area (Å²) in [6.45, 7) is 3.08. The highest BCUT2D eigenvalue weighted by molar-refractivity contribution is 5.85. The minimum Gasteiger partial charge on any atom is -0.385 e. The molecule has 1 nitrogen and oxygen atoms in total. The highest BCUT2D eigenvalue weighted by atomic mass is 14.8. The lowest BCUT2D eigenvalue weighted by atomic mass is 10.1. The van der Waals surface area contributed by atoms with E-state index in [1.54, 1.807) is 0 Å². The van der Waals surface area contributed by atoms with Crippen LogP contribution in [0.25, 0.3) is 10.8 Å². The summed E-state index contributed by atoms with van der Waals surface area (Å²) in [6.07, 6.45) is 0. The molecule has 66 valence electrons. The van der Waals surface area contributed by atoms with Crippen molar-refractivity contribution in [3.8, 4) is 0 Å². The summed E-state index contributed by atoms with van der Waals surface area (Å²) < 4.78 is 0. The second kappa shape index (κ2) is 3.48. The molecule has 0 saturated carbocycles. The van der Waals surface area contributed by atoms with Gasteiger partial charge in [0.05, 0.1) is 0 Å². The molecular formula is C12H13N. The lowest BCUT2D eigenvalue weighted by Gasteiger charge is -2.04. The zero-order valence-corrected chi connectivity index (χ0v) is 7.75. The first-order valence-electron chi connectivity index (χ1n) is 4.63. The van der Waals surface area contributed by atoms with Crippen LogP contribution in [0.2, 0.25) is 0 Å². The molecule has 1 heteroatoms. The lowest BCUT2D eigenvalue weighted by Crippen LogP contribution is -1.95. The number of anilines is 1. The number of hydrogen-bond acceptors (Lipinski definition) is 1. The van der Waals surface area contributed by atoms with Crippen LogP contribution in [0.3, 0.4) is 0 Å². The van der Waals surface area contributed by atoms with Gasteiger partial charge in [-0.2, -0.15) is 0 Å². The van der Waals surface area contributed by atoms with Crippen LogP contribution in [-0.2, 0) is 0 Å². The van der Waals surface area contributed by atoms with Crippen molar-refractivity contribution in [1.29, 1.82) is 0 Å². The standard InChI is InChI=1S/C12H13N/c1-2-13-12-8-7-10-5-3-4-6-11(10)9-12/h3-9,13H,2H2,1H3. The van der Waals surface area contributed by atoms with Gasteiger partial charge in [-0.3, -0.25) is 0 Å². The van der Waals surface area contributed by atoms with Gasteiger partial charge in [0.25, 0.3) is 0 Å². The van der Waals surface area contributed by atoms with Crippen LogP contribution in [0.1, 0.15) is 6.92 Å². The summed E-state index contributed by atoms with van der Waals surface area (Å²) in [5, 5.41) is 5.89. The van der Waals surface area contributed by atoms with E-state index in [0.717, 1.165) is 6.54 Å². The Balaban J connectivity index is 2.49.